The van der Waals surface area contributed by atoms with E-state index in [1.807, 2.05) is 18.0 Å². The molecule has 1 saturated carbocycles. The Balaban J connectivity index is 1.69. The van der Waals surface area contributed by atoms with E-state index >= 15 is 0 Å². The average Bonchev–Trinajstić information content (AvgIpc) is 2.92. The summed E-state index contributed by atoms with van der Waals surface area (Å²) in [5.41, 5.74) is 4.29. The van der Waals surface area contributed by atoms with Gasteiger partial charge in [0.25, 0.3) is 0 Å². The molecule has 1 N–H and O–H groups in total. The zero-order valence-corrected chi connectivity index (χ0v) is 10.7. The SMILES string of the molecule is Cc1ncsc1Cn1cncc1CNC1CC1. The lowest BCUT2D eigenvalue weighted by atomic mass is 10.3. The molecule has 4 nitrogen and oxygen atoms in total. The van der Waals surface area contributed by atoms with Gasteiger partial charge in [0, 0.05) is 23.7 Å². The maximum Gasteiger partial charge on any atom is 0.0952 e. The average molecular weight is 248 g/mol. The topological polar surface area (TPSA) is 42.7 Å². The highest BCUT2D eigenvalue weighted by Crippen LogP contribution is 2.20. The first-order valence-corrected chi connectivity index (χ1v) is 6.82. The van der Waals surface area contributed by atoms with Gasteiger partial charge in [-0.1, -0.05) is 0 Å². The van der Waals surface area contributed by atoms with Gasteiger partial charge in [-0.05, 0) is 19.8 Å². The number of aryl methyl sites for hydroxylation is 1. The molecule has 17 heavy (non-hydrogen) atoms. The largest absolute Gasteiger partial charge is 0.328 e. The Hall–Kier alpha value is -1.20. The van der Waals surface area contributed by atoms with Crippen LogP contribution in [0.25, 0.3) is 0 Å². The predicted octanol–water partition coefficient (Wildman–Crippen LogP) is 1.95. The van der Waals surface area contributed by atoms with E-state index in [0.717, 1.165) is 24.8 Å². The number of rotatable bonds is 5. The Labute approximate surface area is 105 Å². The summed E-state index contributed by atoms with van der Waals surface area (Å²) in [5, 5.41) is 3.52. The first-order valence-electron chi connectivity index (χ1n) is 5.94. The maximum absolute atomic E-state index is 4.28. The molecule has 0 radical (unpaired) electrons. The van der Waals surface area contributed by atoms with Crippen molar-refractivity contribution in [3.05, 3.63) is 34.3 Å². The van der Waals surface area contributed by atoms with Crippen molar-refractivity contribution in [2.24, 2.45) is 0 Å². The second-order valence-electron chi connectivity index (χ2n) is 4.53. The molecule has 0 atom stereocenters. The molecule has 2 aromatic heterocycles. The van der Waals surface area contributed by atoms with Gasteiger partial charge in [-0.25, -0.2) is 9.97 Å². The van der Waals surface area contributed by atoms with E-state index in [-0.39, 0.29) is 0 Å². The van der Waals surface area contributed by atoms with Crippen LogP contribution < -0.4 is 5.32 Å². The molecule has 1 aliphatic rings. The summed E-state index contributed by atoms with van der Waals surface area (Å²) in [4.78, 5) is 9.83. The minimum atomic E-state index is 0.739. The van der Waals surface area contributed by atoms with E-state index in [0.29, 0.717) is 0 Å². The monoisotopic (exact) mass is 248 g/mol. The summed E-state index contributed by atoms with van der Waals surface area (Å²) in [7, 11) is 0. The minimum Gasteiger partial charge on any atom is -0.328 e. The van der Waals surface area contributed by atoms with Crippen LogP contribution in [0.1, 0.15) is 29.1 Å². The second kappa shape index (κ2) is 4.58. The molecule has 0 spiro atoms. The predicted molar refractivity (Wildman–Crippen MR) is 68.0 cm³/mol. The molecule has 0 unspecified atom stereocenters. The van der Waals surface area contributed by atoms with Gasteiger partial charge in [0.05, 0.1) is 29.8 Å². The summed E-state index contributed by atoms with van der Waals surface area (Å²) in [6.07, 6.45) is 6.50. The Morgan fingerprint density at radius 2 is 2.41 bits per heavy atom. The number of imidazole rings is 1. The van der Waals surface area contributed by atoms with Crippen molar-refractivity contribution in [3.63, 3.8) is 0 Å². The molecule has 2 aromatic rings. The molecule has 5 heteroatoms. The molecule has 0 aliphatic heterocycles. The van der Waals surface area contributed by atoms with Gasteiger partial charge < -0.3 is 9.88 Å². The summed E-state index contributed by atoms with van der Waals surface area (Å²) in [6.45, 7) is 3.87. The Bertz CT molecular complexity index is 498. The van der Waals surface area contributed by atoms with E-state index in [1.54, 1.807) is 11.3 Å². The van der Waals surface area contributed by atoms with Gasteiger partial charge >= 0.3 is 0 Å². The summed E-state index contributed by atoms with van der Waals surface area (Å²) >= 11 is 1.71. The number of thiazole rings is 1. The molecule has 90 valence electrons. The van der Waals surface area contributed by atoms with Crippen molar-refractivity contribution >= 4 is 11.3 Å². The van der Waals surface area contributed by atoms with Crippen LogP contribution in [0.5, 0.6) is 0 Å². The first-order chi connectivity index (χ1) is 8.33. The van der Waals surface area contributed by atoms with Crippen LogP contribution in [0.4, 0.5) is 0 Å². The normalized spacial score (nSPS) is 15.4. The molecule has 0 aromatic carbocycles. The third-order valence-electron chi connectivity index (χ3n) is 3.11. The van der Waals surface area contributed by atoms with Crippen molar-refractivity contribution in [2.75, 3.05) is 0 Å². The lowest BCUT2D eigenvalue weighted by molar-refractivity contribution is 0.635. The highest BCUT2D eigenvalue weighted by molar-refractivity contribution is 7.09. The quantitative estimate of drug-likeness (QED) is 0.879. The molecule has 0 bridgehead atoms. The van der Waals surface area contributed by atoms with Gasteiger partial charge in [-0.3, -0.25) is 0 Å². The van der Waals surface area contributed by atoms with Crippen LogP contribution in [0.15, 0.2) is 18.0 Å². The van der Waals surface area contributed by atoms with Crippen molar-refractivity contribution in [1.82, 2.24) is 19.9 Å². The molecule has 0 amide bonds. The Morgan fingerprint density at radius 1 is 1.53 bits per heavy atom. The van der Waals surface area contributed by atoms with Crippen molar-refractivity contribution in [3.8, 4) is 0 Å². The fourth-order valence-electron chi connectivity index (χ4n) is 1.81. The van der Waals surface area contributed by atoms with Crippen LogP contribution in [-0.4, -0.2) is 20.6 Å². The van der Waals surface area contributed by atoms with Crippen LogP contribution in [0.3, 0.4) is 0 Å². The molecular weight excluding hydrogens is 232 g/mol. The fraction of sp³-hybridized carbons (Fsp3) is 0.500. The van der Waals surface area contributed by atoms with E-state index < -0.39 is 0 Å². The first kappa shape index (κ1) is 10.9. The molecular formula is C12H16N4S. The molecule has 0 saturated heterocycles. The summed E-state index contributed by atoms with van der Waals surface area (Å²) in [5.74, 6) is 0. The number of hydrogen-bond donors (Lipinski definition) is 1. The third-order valence-corrected chi connectivity index (χ3v) is 4.03. The number of aromatic nitrogens is 3. The Kier molecular flexibility index (Phi) is 2.94. The Morgan fingerprint density at radius 3 is 3.12 bits per heavy atom. The summed E-state index contributed by atoms with van der Waals surface area (Å²) < 4.78 is 2.20. The van der Waals surface area contributed by atoms with Crippen LogP contribution >= 0.6 is 11.3 Å². The number of nitrogens with one attached hydrogen (secondary N) is 1. The maximum atomic E-state index is 4.28. The van der Waals surface area contributed by atoms with Crippen molar-refractivity contribution < 1.29 is 0 Å². The zero-order chi connectivity index (χ0) is 11.7. The van der Waals surface area contributed by atoms with Crippen LogP contribution in [0.2, 0.25) is 0 Å². The standard InChI is InChI=1S/C12H16N4S/c1-9-12(17-8-15-9)6-16-7-13-4-11(16)5-14-10-2-3-10/h4,7-8,10,14H,2-3,5-6H2,1H3. The molecule has 2 heterocycles. The van der Waals surface area contributed by atoms with E-state index in [4.69, 9.17) is 0 Å². The van der Waals surface area contributed by atoms with Crippen LogP contribution in [-0.2, 0) is 13.1 Å². The third kappa shape index (κ3) is 2.56. The minimum absolute atomic E-state index is 0.739. The lowest BCUT2D eigenvalue weighted by Crippen LogP contribution is -2.18. The fourth-order valence-corrected chi connectivity index (χ4v) is 2.58. The smallest absolute Gasteiger partial charge is 0.0952 e. The van der Waals surface area contributed by atoms with Gasteiger partial charge in [0.2, 0.25) is 0 Å². The second-order valence-corrected chi connectivity index (χ2v) is 5.47. The van der Waals surface area contributed by atoms with Gasteiger partial charge in [-0.2, -0.15) is 0 Å². The zero-order valence-electron chi connectivity index (χ0n) is 9.89. The van der Waals surface area contributed by atoms with Crippen molar-refractivity contribution in [1.29, 1.82) is 0 Å². The van der Waals surface area contributed by atoms with E-state index in [9.17, 15) is 0 Å². The number of hydrogen-bond acceptors (Lipinski definition) is 4. The van der Waals surface area contributed by atoms with Crippen LogP contribution in [0, 0.1) is 6.92 Å². The highest BCUT2D eigenvalue weighted by Gasteiger charge is 2.20. The van der Waals surface area contributed by atoms with E-state index in [2.05, 4.69) is 26.8 Å². The van der Waals surface area contributed by atoms with Crippen molar-refractivity contribution in [2.45, 2.75) is 38.9 Å². The van der Waals surface area contributed by atoms with Gasteiger partial charge in [-0.15, -0.1) is 11.3 Å². The highest BCUT2D eigenvalue weighted by atomic mass is 32.1. The molecule has 1 aliphatic carbocycles. The molecule has 3 rings (SSSR count). The summed E-state index contributed by atoms with van der Waals surface area (Å²) in [6, 6.07) is 0.739. The van der Waals surface area contributed by atoms with Gasteiger partial charge in [0.1, 0.15) is 0 Å². The number of nitrogens with zero attached hydrogens (tertiary/aromatic N) is 3. The molecule has 1 fully saturated rings. The lowest BCUT2D eigenvalue weighted by Gasteiger charge is -2.08. The van der Waals surface area contributed by atoms with E-state index in [1.165, 1.54) is 23.4 Å². The van der Waals surface area contributed by atoms with Gasteiger partial charge in [0.15, 0.2) is 0 Å².